The topological polar surface area (TPSA) is 64.6 Å². The van der Waals surface area contributed by atoms with Crippen LogP contribution < -0.4 is 5.32 Å². The van der Waals surface area contributed by atoms with Crippen molar-refractivity contribution < 1.29 is 32.2 Å². The van der Waals surface area contributed by atoms with Gasteiger partial charge in [0, 0.05) is 0 Å². The Bertz CT molecular complexity index is 481. The highest BCUT2D eigenvalue weighted by molar-refractivity contribution is 5.98. The van der Waals surface area contributed by atoms with E-state index in [2.05, 4.69) is 10.1 Å². The summed E-state index contributed by atoms with van der Waals surface area (Å²) in [5.41, 5.74) is -1.51. The van der Waals surface area contributed by atoms with Gasteiger partial charge in [-0.05, 0) is 0 Å². The SMILES string of the molecule is COC(=O)CNC(=O)C1=C(C(F)(F)F)C2C=CC1O2. The first-order chi connectivity index (χ1) is 8.84. The molecule has 0 aromatic carbocycles. The largest absolute Gasteiger partial charge is 0.468 e. The van der Waals surface area contributed by atoms with Gasteiger partial charge in [-0.15, -0.1) is 0 Å². The summed E-state index contributed by atoms with van der Waals surface area (Å²) in [5, 5.41) is 2.08. The quantitative estimate of drug-likeness (QED) is 0.601. The molecular weight excluding hydrogens is 267 g/mol. The summed E-state index contributed by atoms with van der Waals surface area (Å²) in [6, 6.07) is 0. The van der Waals surface area contributed by atoms with Crippen LogP contribution in [0, 0.1) is 0 Å². The first-order valence-electron chi connectivity index (χ1n) is 5.34. The lowest BCUT2D eigenvalue weighted by atomic mass is 9.96. The molecule has 2 aliphatic rings. The van der Waals surface area contributed by atoms with Crippen LogP contribution in [0.3, 0.4) is 0 Å². The smallest absolute Gasteiger partial charge is 0.416 e. The van der Waals surface area contributed by atoms with Gasteiger partial charge in [0.05, 0.1) is 18.3 Å². The molecule has 0 aromatic rings. The highest BCUT2D eigenvalue weighted by Gasteiger charge is 2.51. The second kappa shape index (κ2) is 4.69. The van der Waals surface area contributed by atoms with Crippen molar-refractivity contribution in [2.75, 3.05) is 13.7 Å². The molecule has 0 saturated heterocycles. The molecule has 2 bridgehead atoms. The zero-order valence-corrected chi connectivity index (χ0v) is 9.78. The molecule has 1 amide bonds. The van der Waals surface area contributed by atoms with Crippen LogP contribution in [-0.2, 0) is 19.1 Å². The molecule has 8 heteroatoms. The highest BCUT2D eigenvalue weighted by atomic mass is 19.4. The molecule has 0 aromatic heterocycles. The maximum Gasteiger partial charge on any atom is 0.416 e. The second-order valence-electron chi connectivity index (χ2n) is 3.95. The molecule has 1 N–H and O–H groups in total. The number of nitrogens with one attached hydrogen (secondary N) is 1. The predicted molar refractivity (Wildman–Crippen MR) is 55.9 cm³/mol. The van der Waals surface area contributed by atoms with Gasteiger partial charge in [0.2, 0.25) is 0 Å². The maximum atomic E-state index is 12.9. The van der Waals surface area contributed by atoms with Gasteiger partial charge < -0.3 is 14.8 Å². The van der Waals surface area contributed by atoms with E-state index in [9.17, 15) is 22.8 Å². The average molecular weight is 277 g/mol. The normalized spacial score (nSPS) is 24.8. The van der Waals surface area contributed by atoms with E-state index in [-0.39, 0.29) is 0 Å². The molecule has 2 heterocycles. The molecule has 2 atom stereocenters. The Kier molecular flexibility index (Phi) is 3.36. The number of hydrogen-bond acceptors (Lipinski definition) is 4. The lowest BCUT2D eigenvalue weighted by molar-refractivity contribution is -0.140. The zero-order valence-electron chi connectivity index (χ0n) is 9.78. The van der Waals surface area contributed by atoms with Gasteiger partial charge in [-0.1, -0.05) is 12.2 Å². The van der Waals surface area contributed by atoms with Gasteiger partial charge in [0.1, 0.15) is 18.8 Å². The van der Waals surface area contributed by atoms with Crippen molar-refractivity contribution in [1.82, 2.24) is 5.32 Å². The number of methoxy groups -OCH3 is 1. The van der Waals surface area contributed by atoms with E-state index in [0.29, 0.717) is 0 Å². The average Bonchev–Trinajstić information content (AvgIpc) is 2.94. The number of amides is 1. The number of carbonyl (C=O) groups is 2. The molecule has 0 radical (unpaired) electrons. The van der Waals surface area contributed by atoms with Crippen LogP contribution in [0.15, 0.2) is 23.3 Å². The van der Waals surface area contributed by atoms with E-state index >= 15 is 0 Å². The molecule has 104 valence electrons. The summed E-state index contributed by atoms with van der Waals surface area (Å²) in [6.45, 7) is -0.495. The Balaban J connectivity index is 2.19. The summed E-state index contributed by atoms with van der Waals surface area (Å²) in [7, 11) is 1.11. The van der Waals surface area contributed by atoms with Crippen molar-refractivity contribution in [3.63, 3.8) is 0 Å². The summed E-state index contributed by atoms with van der Waals surface area (Å²) in [4.78, 5) is 22.6. The zero-order chi connectivity index (χ0) is 14.2. The number of ether oxygens (including phenoxy) is 2. The fourth-order valence-electron chi connectivity index (χ4n) is 1.97. The monoisotopic (exact) mass is 277 g/mol. The van der Waals surface area contributed by atoms with Gasteiger partial charge in [0.25, 0.3) is 5.91 Å². The van der Waals surface area contributed by atoms with Crippen LogP contribution in [0.1, 0.15) is 0 Å². The van der Waals surface area contributed by atoms with Crippen LogP contribution >= 0.6 is 0 Å². The maximum absolute atomic E-state index is 12.9. The lowest BCUT2D eigenvalue weighted by Crippen LogP contribution is -2.35. The minimum atomic E-state index is -4.65. The molecule has 0 spiro atoms. The molecule has 2 unspecified atom stereocenters. The fourth-order valence-corrected chi connectivity index (χ4v) is 1.97. The van der Waals surface area contributed by atoms with E-state index in [1.807, 2.05) is 0 Å². The summed E-state index contributed by atoms with van der Waals surface area (Å²) >= 11 is 0. The highest BCUT2D eigenvalue weighted by Crippen LogP contribution is 2.43. The van der Waals surface area contributed by atoms with Crippen molar-refractivity contribution >= 4 is 11.9 Å². The molecule has 2 rings (SSSR count). The number of carbonyl (C=O) groups excluding carboxylic acids is 2. The van der Waals surface area contributed by atoms with Crippen molar-refractivity contribution in [2.24, 2.45) is 0 Å². The number of esters is 1. The van der Waals surface area contributed by atoms with Crippen LogP contribution in [0.4, 0.5) is 13.2 Å². The van der Waals surface area contributed by atoms with Crippen LogP contribution in [0.25, 0.3) is 0 Å². The first kappa shape index (κ1) is 13.6. The van der Waals surface area contributed by atoms with Gasteiger partial charge in [-0.25, -0.2) is 0 Å². The van der Waals surface area contributed by atoms with Crippen LogP contribution in [0.5, 0.6) is 0 Å². The van der Waals surface area contributed by atoms with Crippen molar-refractivity contribution in [3.05, 3.63) is 23.3 Å². The van der Waals surface area contributed by atoms with E-state index in [4.69, 9.17) is 4.74 Å². The Morgan fingerprint density at radius 1 is 1.37 bits per heavy atom. The van der Waals surface area contributed by atoms with Gasteiger partial charge in [-0.3, -0.25) is 9.59 Å². The van der Waals surface area contributed by atoms with E-state index < -0.39 is 48.0 Å². The van der Waals surface area contributed by atoms with E-state index in [0.717, 1.165) is 7.11 Å². The second-order valence-corrected chi connectivity index (χ2v) is 3.95. The lowest BCUT2D eigenvalue weighted by Gasteiger charge is -2.15. The Morgan fingerprint density at radius 2 is 2.00 bits per heavy atom. The predicted octanol–water partition coefficient (Wildman–Crippen LogP) is 0.472. The summed E-state index contributed by atoms with van der Waals surface area (Å²) in [6.07, 6.45) is -4.28. The van der Waals surface area contributed by atoms with Gasteiger partial charge >= 0.3 is 12.1 Å². The van der Waals surface area contributed by atoms with Crippen molar-refractivity contribution in [3.8, 4) is 0 Å². The summed E-state index contributed by atoms with van der Waals surface area (Å²) in [5.74, 6) is -1.73. The molecular formula is C11H10F3NO4. The van der Waals surface area contributed by atoms with E-state index in [1.165, 1.54) is 12.2 Å². The van der Waals surface area contributed by atoms with E-state index in [1.54, 1.807) is 0 Å². The van der Waals surface area contributed by atoms with Crippen LogP contribution in [0.2, 0.25) is 0 Å². The number of halogens is 3. The third-order valence-corrected chi connectivity index (χ3v) is 2.78. The number of fused-ring (bicyclic) bond motifs is 2. The first-order valence-corrected chi connectivity index (χ1v) is 5.34. The van der Waals surface area contributed by atoms with Crippen LogP contribution in [-0.4, -0.2) is 43.9 Å². The molecule has 19 heavy (non-hydrogen) atoms. The Hall–Kier alpha value is -1.83. The molecule has 0 aliphatic carbocycles. The third kappa shape index (κ3) is 2.48. The number of rotatable bonds is 3. The third-order valence-electron chi connectivity index (χ3n) is 2.78. The standard InChI is InChI=1S/C11H10F3NO4/c1-18-7(16)4-15-10(17)8-5-2-3-6(19-5)9(8)11(12,13)14/h2-3,5-6H,4H2,1H3,(H,15,17). The fraction of sp³-hybridized carbons (Fsp3) is 0.455. The van der Waals surface area contributed by atoms with Gasteiger partial charge in [0.15, 0.2) is 0 Å². The Morgan fingerprint density at radius 3 is 2.58 bits per heavy atom. The molecule has 0 fully saturated rings. The molecule has 2 aliphatic heterocycles. The number of alkyl halides is 3. The summed E-state index contributed by atoms with van der Waals surface area (Å²) < 4.78 is 47.8. The molecule has 5 nitrogen and oxygen atoms in total. The minimum Gasteiger partial charge on any atom is -0.468 e. The Labute approximate surface area is 106 Å². The van der Waals surface area contributed by atoms with Crippen molar-refractivity contribution in [1.29, 1.82) is 0 Å². The van der Waals surface area contributed by atoms with Crippen molar-refractivity contribution in [2.45, 2.75) is 18.4 Å². The van der Waals surface area contributed by atoms with Gasteiger partial charge in [-0.2, -0.15) is 13.2 Å². The minimum absolute atomic E-state index is 0.495. The molecule has 0 saturated carbocycles. The number of hydrogen-bond donors (Lipinski definition) is 1.